The summed E-state index contributed by atoms with van der Waals surface area (Å²) >= 11 is 0. The molecular formula is C19H28N2O3. The summed E-state index contributed by atoms with van der Waals surface area (Å²) < 4.78 is 11.7. The predicted octanol–water partition coefficient (Wildman–Crippen LogP) is 1.77. The van der Waals surface area contributed by atoms with Crippen molar-refractivity contribution in [2.45, 2.75) is 31.6 Å². The average molecular weight is 332 g/mol. The Morgan fingerprint density at radius 2 is 2.12 bits per heavy atom. The predicted molar refractivity (Wildman–Crippen MR) is 92.6 cm³/mol. The van der Waals surface area contributed by atoms with Gasteiger partial charge in [-0.2, -0.15) is 0 Å². The van der Waals surface area contributed by atoms with Crippen LogP contribution in [0.1, 0.15) is 18.4 Å². The van der Waals surface area contributed by atoms with Gasteiger partial charge in [0.2, 0.25) is 5.91 Å². The number of likely N-dealkylation sites (tertiary alicyclic amines) is 1. The SMILES string of the molecule is CN(C)C(=O)[C@H]1C[C@@H]2OCC[C@@H]2N(CCOCc2ccccc2)C1. The first kappa shape index (κ1) is 17.4. The number of fused-ring (bicyclic) bond motifs is 1. The van der Waals surface area contributed by atoms with E-state index in [0.717, 1.165) is 32.5 Å². The summed E-state index contributed by atoms with van der Waals surface area (Å²) in [5.41, 5.74) is 1.19. The molecule has 0 unspecified atom stereocenters. The van der Waals surface area contributed by atoms with Gasteiger partial charge in [-0.1, -0.05) is 30.3 Å². The van der Waals surface area contributed by atoms with Crippen LogP contribution in [0.2, 0.25) is 0 Å². The standard InChI is InChI=1S/C19H28N2O3/c1-20(2)19(22)16-12-18-17(8-10-24-18)21(13-16)9-11-23-14-15-6-4-3-5-7-15/h3-7,16-18H,8-14H2,1-2H3/t16-,17-,18-/m0/s1. The van der Waals surface area contributed by atoms with Crippen molar-refractivity contribution in [1.82, 2.24) is 9.80 Å². The number of rotatable bonds is 6. The summed E-state index contributed by atoms with van der Waals surface area (Å²) in [6, 6.07) is 10.7. The van der Waals surface area contributed by atoms with Crippen LogP contribution >= 0.6 is 0 Å². The van der Waals surface area contributed by atoms with Gasteiger partial charge in [-0.15, -0.1) is 0 Å². The number of hydrogen-bond donors (Lipinski definition) is 0. The minimum Gasteiger partial charge on any atom is -0.377 e. The van der Waals surface area contributed by atoms with Crippen LogP contribution in [0.5, 0.6) is 0 Å². The van der Waals surface area contributed by atoms with Crippen LogP contribution in [0.25, 0.3) is 0 Å². The van der Waals surface area contributed by atoms with E-state index in [1.807, 2.05) is 32.3 Å². The Labute approximate surface area is 144 Å². The minimum absolute atomic E-state index is 0.0356. The number of nitrogens with zero attached hydrogens (tertiary/aromatic N) is 2. The first-order chi connectivity index (χ1) is 11.6. The van der Waals surface area contributed by atoms with Gasteiger partial charge >= 0.3 is 0 Å². The molecule has 24 heavy (non-hydrogen) atoms. The molecule has 2 fully saturated rings. The van der Waals surface area contributed by atoms with Crippen molar-refractivity contribution >= 4 is 5.91 Å². The largest absolute Gasteiger partial charge is 0.377 e. The third-order valence-electron chi connectivity index (χ3n) is 5.04. The Bertz CT molecular complexity index is 535. The van der Waals surface area contributed by atoms with Crippen molar-refractivity contribution in [3.8, 4) is 0 Å². The zero-order valence-corrected chi connectivity index (χ0v) is 14.7. The summed E-state index contributed by atoms with van der Waals surface area (Å²) in [7, 11) is 3.66. The number of piperidine rings is 1. The Morgan fingerprint density at radius 1 is 1.33 bits per heavy atom. The molecule has 132 valence electrons. The fraction of sp³-hybridized carbons (Fsp3) is 0.632. The molecule has 2 aliphatic heterocycles. The molecule has 0 aromatic heterocycles. The molecule has 2 aliphatic rings. The molecule has 1 amide bonds. The van der Waals surface area contributed by atoms with Gasteiger partial charge in [-0.3, -0.25) is 9.69 Å². The van der Waals surface area contributed by atoms with Gasteiger partial charge in [0.25, 0.3) is 0 Å². The van der Waals surface area contributed by atoms with Gasteiger partial charge in [0, 0.05) is 39.8 Å². The second-order valence-corrected chi connectivity index (χ2v) is 6.96. The van der Waals surface area contributed by atoms with Crippen LogP contribution < -0.4 is 0 Å². The van der Waals surface area contributed by atoms with Crippen molar-refractivity contribution in [2.75, 3.05) is 40.4 Å². The molecule has 0 aliphatic carbocycles. The molecule has 0 N–H and O–H groups in total. The molecule has 0 radical (unpaired) electrons. The van der Waals surface area contributed by atoms with E-state index in [1.54, 1.807) is 4.90 Å². The van der Waals surface area contributed by atoms with E-state index in [0.29, 0.717) is 19.3 Å². The van der Waals surface area contributed by atoms with Crippen LogP contribution in [0.15, 0.2) is 30.3 Å². The first-order valence-electron chi connectivity index (χ1n) is 8.83. The quantitative estimate of drug-likeness (QED) is 0.745. The maximum atomic E-state index is 12.4. The van der Waals surface area contributed by atoms with Crippen molar-refractivity contribution in [3.05, 3.63) is 35.9 Å². The Balaban J connectivity index is 1.51. The highest BCUT2D eigenvalue weighted by Crippen LogP contribution is 2.31. The number of benzene rings is 1. The van der Waals surface area contributed by atoms with Crippen LogP contribution in [0.3, 0.4) is 0 Å². The summed E-state index contributed by atoms with van der Waals surface area (Å²) in [5, 5.41) is 0. The maximum Gasteiger partial charge on any atom is 0.226 e. The fourth-order valence-electron chi connectivity index (χ4n) is 3.80. The second kappa shape index (κ2) is 8.10. The molecule has 0 saturated carbocycles. The average Bonchev–Trinajstić information content (AvgIpc) is 3.07. The van der Waals surface area contributed by atoms with E-state index in [1.165, 1.54) is 5.56 Å². The monoisotopic (exact) mass is 332 g/mol. The lowest BCUT2D eigenvalue weighted by molar-refractivity contribution is -0.137. The number of amides is 1. The van der Waals surface area contributed by atoms with Crippen LogP contribution in [0.4, 0.5) is 0 Å². The van der Waals surface area contributed by atoms with Crippen molar-refractivity contribution in [2.24, 2.45) is 5.92 Å². The summed E-state index contributed by atoms with van der Waals surface area (Å²) in [6.45, 7) is 3.80. The number of hydrogen-bond acceptors (Lipinski definition) is 4. The van der Waals surface area contributed by atoms with Gasteiger partial charge in [0.1, 0.15) is 0 Å². The first-order valence-corrected chi connectivity index (χ1v) is 8.83. The van der Waals surface area contributed by atoms with E-state index in [4.69, 9.17) is 9.47 Å². The van der Waals surface area contributed by atoms with Gasteiger partial charge in [-0.25, -0.2) is 0 Å². The molecule has 0 spiro atoms. The summed E-state index contributed by atoms with van der Waals surface area (Å²) in [5.74, 6) is 0.243. The lowest BCUT2D eigenvalue weighted by Gasteiger charge is -2.40. The molecule has 5 nitrogen and oxygen atoms in total. The van der Waals surface area contributed by atoms with E-state index in [-0.39, 0.29) is 17.9 Å². The lowest BCUT2D eigenvalue weighted by atomic mass is 9.89. The number of carbonyl (C=O) groups excluding carboxylic acids is 1. The van der Waals surface area contributed by atoms with Crippen molar-refractivity contribution < 1.29 is 14.3 Å². The smallest absolute Gasteiger partial charge is 0.226 e. The molecule has 0 bridgehead atoms. The third-order valence-corrected chi connectivity index (χ3v) is 5.04. The molecule has 5 heteroatoms. The van der Waals surface area contributed by atoms with Gasteiger partial charge in [0.05, 0.1) is 25.2 Å². The normalized spacial score (nSPS) is 27.0. The van der Waals surface area contributed by atoms with E-state index >= 15 is 0 Å². The fourth-order valence-corrected chi connectivity index (χ4v) is 3.80. The molecule has 1 aromatic carbocycles. The topological polar surface area (TPSA) is 42.0 Å². The molecule has 1 aromatic rings. The molecule has 2 saturated heterocycles. The molecule has 3 rings (SSSR count). The third kappa shape index (κ3) is 4.15. The van der Waals surface area contributed by atoms with Crippen LogP contribution in [-0.4, -0.2) is 68.3 Å². The zero-order valence-electron chi connectivity index (χ0n) is 14.7. The Hall–Kier alpha value is -1.43. The molecule has 3 atom stereocenters. The van der Waals surface area contributed by atoms with E-state index in [9.17, 15) is 4.79 Å². The van der Waals surface area contributed by atoms with E-state index in [2.05, 4.69) is 17.0 Å². The maximum absolute atomic E-state index is 12.4. The molecule has 2 heterocycles. The second-order valence-electron chi connectivity index (χ2n) is 6.96. The van der Waals surface area contributed by atoms with Gasteiger partial charge < -0.3 is 14.4 Å². The minimum atomic E-state index is 0.0356. The Kier molecular flexibility index (Phi) is 5.87. The van der Waals surface area contributed by atoms with Crippen molar-refractivity contribution in [1.29, 1.82) is 0 Å². The lowest BCUT2D eigenvalue weighted by Crippen LogP contribution is -2.53. The van der Waals surface area contributed by atoms with Gasteiger partial charge in [0.15, 0.2) is 0 Å². The highest BCUT2D eigenvalue weighted by Gasteiger charge is 2.42. The van der Waals surface area contributed by atoms with Gasteiger partial charge in [-0.05, 0) is 18.4 Å². The summed E-state index contributed by atoms with van der Waals surface area (Å²) in [4.78, 5) is 16.5. The van der Waals surface area contributed by atoms with Crippen LogP contribution in [0, 0.1) is 5.92 Å². The zero-order chi connectivity index (χ0) is 16.9. The number of carbonyl (C=O) groups is 1. The highest BCUT2D eigenvalue weighted by molar-refractivity contribution is 5.78. The van der Waals surface area contributed by atoms with E-state index < -0.39 is 0 Å². The van der Waals surface area contributed by atoms with Crippen LogP contribution in [-0.2, 0) is 20.9 Å². The van der Waals surface area contributed by atoms with Crippen molar-refractivity contribution in [3.63, 3.8) is 0 Å². The highest BCUT2D eigenvalue weighted by atomic mass is 16.5. The Morgan fingerprint density at radius 3 is 2.88 bits per heavy atom. The summed E-state index contributed by atoms with van der Waals surface area (Å²) in [6.07, 6.45) is 2.11. The molecular weight excluding hydrogens is 304 g/mol. The number of ether oxygens (including phenoxy) is 2.